The molecular weight excluding hydrogens is 495 g/mol. The molecule has 1 aromatic heterocycles. The first-order valence-electron chi connectivity index (χ1n) is 12.1. The summed E-state index contributed by atoms with van der Waals surface area (Å²) in [5.74, 6) is -0.162. The smallest absolute Gasteiger partial charge is 0.337 e. The maximum Gasteiger partial charge on any atom is 0.433 e. The van der Waals surface area contributed by atoms with Crippen molar-refractivity contribution in [2.24, 2.45) is 4.99 Å². The van der Waals surface area contributed by atoms with E-state index in [0.717, 1.165) is 36.5 Å². The molecule has 0 atom stereocenters. The minimum absolute atomic E-state index is 0.162. The van der Waals surface area contributed by atoms with Crippen molar-refractivity contribution < 1.29 is 18.0 Å². The van der Waals surface area contributed by atoms with Crippen molar-refractivity contribution in [3.8, 4) is 0 Å². The molecule has 8 heteroatoms. The monoisotopic (exact) mass is 529 g/mol. The highest BCUT2D eigenvalue weighted by atomic mass is 32.2. The molecule has 0 spiro atoms. The lowest BCUT2D eigenvalue weighted by Crippen LogP contribution is -2.29. The van der Waals surface area contributed by atoms with Gasteiger partial charge in [0.1, 0.15) is 10.7 Å². The standard InChI is InChI=1S/C29H34F3N3OS/c1-8-11-13-22(16-19(4)12-9-2)18-35(7)28(36)26-21(6)25(27(37-26)33-10-3)20(5)23-14-15-24(34-17-23)29(30,31)32/h10-11,13-17H,3-4,8-9,12,18H2,1-2,5-7H3/b13-11-,22-16+,25-20+,33-27?. The van der Waals surface area contributed by atoms with Crippen LogP contribution < -0.4 is 0 Å². The third kappa shape index (κ3) is 7.92. The predicted molar refractivity (Wildman–Crippen MR) is 149 cm³/mol. The van der Waals surface area contributed by atoms with Crippen LogP contribution in [0.5, 0.6) is 0 Å². The summed E-state index contributed by atoms with van der Waals surface area (Å²) in [6.07, 6.45) is 6.92. The third-order valence-corrected chi connectivity index (χ3v) is 6.88. The van der Waals surface area contributed by atoms with Crippen LogP contribution in [0.1, 0.15) is 58.2 Å². The fourth-order valence-electron chi connectivity index (χ4n) is 3.84. The van der Waals surface area contributed by atoms with Gasteiger partial charge in [-0.05, 0) is 55.0 Å². The average molecular weight is 530 g/mol. The highest BCUT2D eigenvalue weighted by molar-refractivity contribution is 8.19. The number of carbonyl (C=O) groups excluding carboxylic acids is 1. The lowest BCUT2D eigenvalue weighted by Gasteiger charge is -2.19. The van der Waals surface area contributed by atoms with Crippen molar-refractivity contribution in [1.82, 2.24) is 9.88 Å². The maximum absolute atomic E-state index is 13.5. The lowest BCUT2D eigenvalue weighted by atomic mass is 9.97. The minimum Gasteiger partial charge on any atom is -0.337 e. The summed E-state index contributed by atoms with van der Waals surface area (Å²) < 4.78 is 38.9. The highest BCUT2D eigenvalue weighted by Gasteiger charge is 2.33. The first kappa shape index (κ1) is 30.1. The van der Waals surface area contributed by atoms with E-state index in [4.69, 9.17) is 0 Å². The van der Waals surface area contributed by atoms with Crippen LogP contribution in [0, 0.1) is 0 Å². The molecule has 0 unspecified atom stereocenters. The number of hydrogen-bond acceptors (Lipinski definition) is 4. The molecule has 0 fully saturated rings. The fraction of sp³-hybridized carbons (Fsp3) is 0.345. The van der Waals surface area contributed by atoms with Crippen LogP contribution >= 0.6 is 11.8 Å². The number of halogens is 3. The van der Waals surface area contributed by atoms with E-state index in [0.29, 0.717) is 38.8 Å². The molecule has 1 aliphatic heterocycles. The zero-order valence-corrected chi connectivity index (χ0v) is 22.9. The Morgan fingerprint density at radius 2 is 1.97 bits per heavy atom. The van der Waals surface area contributed by atoms with Crippen molar-refractivity contribution in [2.75, 3.05) is 13.6 Å². The summed E-state index contributed by atoms with van der Waals surface area (Å²) in [7, 11) is 1.75. The van der Waals surface area contributed by atoms with Crippen LogP contribution in [0.3, 0.4) is 0 Å². The summed E-state index contributed by atoms with van der Waals surface area (Å²) in [6, 6.07) is 2.34. The second-order valence-electron chi connectivity index (χ2n) is 8.70. The van der Waals surface area contributed by atoms with E-state index in [1.165, 1.54) is 30.2 Å². The number of hydrogen-bond donors (Lipinski definition) is 0. The Balaban J connectivity index is 2.44. The Morgan fingerprint density at radius 1 is 1.27 bits per heavy atom. The number of nitrogens with zero attached hydrogens (tertiary/aromatic N) is 3. The van der Waals surface area contributed by atoms with E-state index in [1.54, 1.807) is 18.9 Å². The minimum atomic E-state index is -4.51. The first-order valence-corrected chi connectivity index (χ1v) is 12.9. The van der Waals surface area contributed by atoms with Gasteiger partial charge in [-0.2, -0.15) is 13.2 Å². The Hall–Kier alpha value is -3.13. The molecule has 198 valence electrons. The molecule has 1 aliphatic rings. The van der Waals surface area contributed by atoms with Crippen molar-refractivity contribution in [3.05, 3.63) is 94.4 Å². The van der Waals surface area contributed by atoms with Gasteiger partial charge in [-0.1, -0.05) is 75.1 Å². The second kappa shape index (κ2) is 13.4. The Labute approximate surface area is 222 Å². The van der Waals surface area contributed by atoms with Crippen molar-refractivity contribution in [1.29, 1.82) is 0 Å². The molecule has 0 aromatic carbocycles. The van der Waals surface area contributed by atoms with Gasteiger partial charge in [-0.15, -0.1) is 0 Å². The molecule has 0 saturated carbocycles. The van der Waals surface area contributed by atoms with Crippen LogP contribution in [0.15, 0.2) is 88.1 Å². The normalized spacial score (nSPS) is 17.1. The third-order valence-electron chi connectivity index (χ3n) is 5.69. The molecule has 37 heavy (non-hydrogen) atoms. The summed E-state index contributed by atoms with van der Waals surface area (Å²) in [4.78, 5) is 23.6. The van der Waals surface area contributed by atoms with Gasteiger partial charge in [0.15, 0.2) is 0 Å². The zero-order chi connectivity index (χ0) is 27.8. The molecule has 0 aliphatic carbocycles. The average Bonchev–Trinajstić information content (AvgIpc) is 3.16. The highest BCUT2D eigenvalue weighted by Crippen LogP contribution is 2.42. The van der Waals surface area contributed by atoms with Crippen LogP contribution in [-0.4, -0.2) is 34.4 Å². The van der Waals surface area contributed by atoms with Crippen LogP contribution in [0.4, 0.5) is 13.2 Å². The first-order chi connectivity index (χ1) is 17.4. The van der Waals surface area contributed by atoms with E-state index in [9.17, 15) is 18.0 Å². The Morgan fingerprint density at radius 3 is 2.51 bits per heavy atom. The molecule has 2 heterocycles. The van der Waals surface area contributed by atoms with E-state index in [-0.39, 0.29) is 5.91 Å². The molecule has 0 bridgehead atoms. The van der Waals surface area contributed by atoms with Gasteiger partial charge < -0.3 is 4.90 Å². The number of alkyl halides is 3. The van der Waals surface area contributed by atoms with Gasteiger partial charge in [0.25, 0.3) is 5.91 Å². The van der Waals surface area contributed by atoms with Crippen molar-refractivity contribution in [3.63, 3.8) is 0 Å². The van der Waals surface area contributed by atoms with Gasteiger partial charge in [0, 0.05) is 31.6 Å². The Bertz CT molecular complexity index is 1190. The number of likely N-dealkylation sites (N-methyl/N-ethyl adjacent to an activating group) is 1. The number of amides is 1. The SMILES string of the molecule is C=CN=C1SC(C(=O)N(C)CC(/C=C\CC)=C/C(=C)CCC)=C(C)/C1=C(/C)c1ccc(C(F)(F)F)nc1. The maximum atomic E-state index is 13.5. The van der Waals surface area contributed by atoms with Gasteiger partial charge in [-0.25, -0.2) is 4.99 Å². The van der Waals surface area contributed by atoms with Gasteiger partial charge in [0.05, 0.1) is 4.91 Å². The second-order valence-corrected chi connectivity index (χ2v) is 9.70. The molecule has 0 saturated heterocycles. The molecule has 0 radical (unpaired) electrons. The summed E-state index contributed by atoms with van der Waals surface area (Å²) in [6.45, 7) is 16.0. The Kier molecular flexibility index (Phi) is 10.9. The van der Waals surface area contributed by atoms with Crippen LogP contribution in [0.2, 0.25) is 0 Å². The molecule has 1 aromatic rings. The van der Waals surface area contributed by atoms with Gasteiger partial charge in [-0.3, -0.25) is 9.78 Å². The molecule has 0 N–H and O–H groups in total. The summed E-state index contributed by atoms with van der Waals surface area (Å²) >= 11 is 1.24. The van der Waals surface area contributed by atoms with E-state index in [1.807, 2.05) is 19.1 Å². The van der Waals surface area contributed by atoms with Crippen LogP contribution in [0.25, 0.3) is 5.57 Å². The number of aliphatic imine (C=N–C) groups is 1. The topological polar surface area (TPSA) is 45.6 Å². The van der Waals surface area contributed by atoms with Gasteiger partial charge in [0.2, 0.25) is 0 Å². The number of aromatic nitrogens is 1. The van der Waals surface area contributed by atoms with E-state index < -0.39 is 11.9 Å². The zero-order valence-electron chi connectivity index (χ0n) is 22.1. The van der Waals surface area contributed by atoms with Crippen LogP contribution in [-0.2, 0) is 11.0 Å². The largest absolute Gasteiger partial charge is 0.433 e. The van der Waals surface area contributed by atoms with Crippen molar-refractivity contribution in [2.45, 2.75) is 53.1 Å². The number of thioether (sulfide) groups is 1. The number of carbonyl (C=O) groups is 1. The number of rotatable bonds is 10. The quantitative estimate of drug-likeness (QED) is 0.287. The summed E-state index contributed by atoms with van der Waals surface area (Å²) in [5, 5.41) is 0.569. The van der Waals surface area contributed by atoms with Gasteiger partial charge >= 0.3 is 6.18 Å². The lowest BCUT2D eigenvalue weighted by molar-refractivity contribution is -0.141. The summed E-state index contributed by atoms with van der Waals surface area (Å²) in [5.41, 5.74) is 3.65. The number of allylic oxidation sites excluding steroid dienone is 5. The molecule has 4 nitrogen and oxygen atoms in total. The van der Waals surface area contributed by atoms with E-state index >= 15 is 0 Å². The molecular formula is C29H34F3N3OS. The number of pyridine rings is 1. The van der Waals surface area contributed by atoms with E-state index in [2.05, 4.69) is 43.1 Å². The fourth-order valence-corrected chi connectivity index (χ4v) is 5.06. The van der Waals surface area contributed by atoms with Crippen molar-refractivity contribution >= 4 is 28.3 Å². The molecule has 2 rings (SSSR count). The predicted octanol–water partition coefficient (Wildman–Crippen LogP) is 8.14. The molecule has 1 amide bonds.